The van der Waals surface area contributed by atoms with E-state index in [1.807, 2.05) is 29.6 Å². The summed E-state index contributed by atoms with van der Waals surface area (Å²) < 4.78 is 5.85. The first kappa shape index (κ1) is 12.0. The molecule has 0 amide bonds. The Labute approximate surface area is 114 Å². The lowest BCUT2D eigenvalue weighted by Crippen LogP contribution is -2.37. The molecule has 1 aliphatic heterocycles. The van der Waals surface area contributed by atoms with Gasteiger partial charge in [-0.1, -0.05) is 12.1 Å². The molecule has 5 heteroatoms. The lowest BCUT2D eigenvalue weighted by atomic mass is 10.1. The summed E-state index contributed by atoms with van der Waals surface area (Å²) in [6.45, 7) is 0. The highest BCUT2D eigenvalue weighted by molar-refractivity contribution is 7.99. The molecule has 2 aromatic rings. The third kappa shape index (κ3) is 2.53. The highest BCUT2D eigenvalue weighted by Gasteiger charge is 2.27. The second-order valence-electron chi connectivity index (χ2n) is 4.11. The third-order valence-corrected chi connectivity index (χ3v) is 4.77. The van der Waals surface area contributed by atoms with Crippen molar-refractivity contribution in [3.8, 4) is 5.75 Å². The lowest BCUT2D eigenvalue weighted by Gasteiger charge is -2.28. The van der Waals surface area contributed by atoms with Gasteiger partial charge in [0.05, 0.1) is 11.1 Å². The smallest absolute Gasteiger partial charge is 0.134 e. The van der Waals surface area contributed by atoms with Crippen molar-refractivity contribution >= 4 is 23.1 Å². The number of nitrogens with zero attached hydrogens (tertiary/aromatic N) is 1. The molecule has 94 valence electrons. The van der Waals surface area contributed by atoms with E-state index in [0.717, 1.165) is 21.4 Å². The van der Waals surface area contributed by atoms with Gasteiger partial charge >= 0.3 is 0 Å². The molecule has 1 aliphatic rings. The largest absolute Gasteiger partial charge is 0.486 e. The number of benzene rings is 1. The van der Waals surface area contributed by atoms with Gasteiger partial charge in [0.15, 0.2) is 0 Å². The highest BCUT2D eigenvalue weighted by atomic mass is 32.2. The maximum Gasteiger partial charge on any atom is 0.134 e. The summed E-state index contributed by atoms with van der Waals surface area (Å²) in [5.74, 6) is 1.65. The molecule has 0 aliphatic carbocycles. The minimum Gasteiger partial charge on any atom is -0.486 e. The quantitative estimate of drug-likeness (QED) is 0.938. The molecule has 1 aromatic carbocycles. The second-order valence-corrected chi connectivity index (χ2v) is 6.15. The average molecular weight is 279 g/mol. The molecule has 3 rings (SSSR count). The first-order chi connectivity index (χ1) is 8.83. The minimum absolute atomic E-state index is 0.159. The van der Waals surface area contributed by atoms with E-state index in [-0.39, 0.29) is 6.10 Å². The first-order valence-corrected chi connectivity index (χ1v) is 7.64. The summed E-state index contributed by atoms with van der Waals surface area (Å²) in [4.78, 5) is 5.34. The van der Waals surface area contributed by atoms with Gasteiger partial charge in [-0.25, -0.2) is 4.98 Å². The number of rotatable bonds is 3. The SMILES string of the molecule is OC(Cc1nccs1)C1CSc2ccccc2O1. The predicted molar refractivity (Wildman–Crippen MR) is 73.4 cm³/mol. The van der Waals surface area contributed by atoms with Crippen LogP contribution in [0.3, 0.4) is 0 Å². The van der Waals surface area contributed by atoms with E-state index in [0.29, 0.717) is 6.42 Å². The monoisotopic (exact) mass is 279 g/mol. The van der Waals surface area contributed by atoms with Crippen molar-refractivity contribution in [2.24, 2.45) is 0 Å². The van der Waals surface area contributed by atoms with E-state index in [1.54, 1.807) is 29.3 Å². The van der Waals surface area contributed by atoms with Crippen LogP contribution in [0.1, 0.15) is 5.01 Å². The Morgan fingerprint density at radius 2 is 2.33 bits per heavy atom. The van der Waals surface area contributed by atoms with E-state index >= 15 is 0 Å². The van der Waals surface area contributed by atoms with E-state index < -0.39 is 6.10 Å². The molecule has 2 heterocycles. The Hall–Kier alpha value is -1.04. The van der Waals surface area contributed by atoms with Gasteiger partial charge in [0.25, 0.3) is 0 Å². The Morgan fingerprint density at radius 3 is 3.17 bits per heavy atom. The number of aromatic nitrogens is 1. The number of thiazole rings is 1. The van der Waals surface area contributed by atoms with Crippen LogP contribution in [0.15, 0.2) is 40.7 Å². The molecular weight excluding hydrogens is 266 g/mol. The summed E-state index contributed by atoms with van der Waals surface area (Å²) >= 11 is 3.30. The van der Waals surface area contributed by atoms with Crippen LogP contribution in [0, 0.1) is 0 Å². The summed E-state index contributed by atoms with van der Waals surface area (Å²) in [5.41, 5.74) is 0. The number of aliphatic hydroxyl groups excluding tert-OH is 1. The molecule has 0 fully saturated rings. The Bertz CT molecular complexity index is 515. The van der Waals surface area contributed by atoms with Crippen LogP contribution < -0.4 is 4.74 Å². The molecule has 1 N–H and O–H groups in total. The molecule has 3 nitrogen and oxygen atoms in total. The predicted octanol–water partition coefficient (Wildman–Crippen LogP) is 2.60. The van der Waals surface area contributed by atoms with Crippen LogP contribution in [-0.2, 0) is 6.42 Å². The Balaban J connectivity index is 1.68. The van der Waals surface area contributed by atoms with Gasteiger partial charge in [0.2, 0.25) is 0 Å². The van der Waals surface area contributed by atoms with Gasteiger partial charge in [-0.2, -0.15) is 0 Å². The maximum absolute atomic E-state index is 10.2. The molecule has 0 saturated heterocycles. The fraction of sp³-hybridized carbons (Fsp3) is 0.308. The zero-order chi connectivity index (χ0) is 12.4. The van der Waals surface area contributed by atoms with Crippen molar-refractivity contribution in [1.82, 2.24) is 4.98 Å². The van der Waals surface area contributed by atoms with Crippen LogP contribution in [0.4, 0.5) is 0 Å². The fourth-order valence-electron chi connectivity index (χ4n) is 1.89. The maximum atomic E-state index is 10.2. The number of hydrogen-bond acceptors (Lipinski definition) is 5. The van der Waals surface area contributed by atoms with Gasteiger partial charge in [0, 0.05) is 28.6 Å². The standard InChI is InChI=1S/C13H13NO2S2/c15-9(7-13-14-5-6-17-13)11-8-18-12-4-2-1-3-10(12)16-11/h1-6,9,11,15H,7-8H2. The topological polar surface area (TPSA) is 42.4 Å². The summed E-state index contributed by atoms with van der Waals surface area (Å²) in [6.07, 6.45) is 1.66. The molecule has 2 atom stereocenters. The first-order valence-electron chi connectivity index (χ1n) is 5.78. The summed E-state index contributed by atoms with van der Waals surface area (Å²) in [7, 11) is 0. The Morgan fingerprint density at radius 1 is 1.44 bits per heavy atom. The van der Waals surface area contributed by atoms with Gasteiger partial charge in [-0.05, 0) is 12.1 Å². The zero-order valence-electron chi connectivity index (χ0n) is 9.65. The number of thioether (sulfide) groups is 1. The van der Waals surface area contributed by atoms with E-state index in [2.05, 4.69) is 4.98 Å². The molecule has 1 aromatic heterocycles. The summed E-state index contributed by atoms with van der Waals surface area (Å²) in [6, 6.07) is 7.95. The Kier molecular flexibility index (Phi) is 3.54. The number of ether oxygens (including phenoxy) is 1. The normalized spacial score (nSPS) is 19.9. The van der Waals surface area contributed by atoms with Crippen molar-refractivity contribution in [2.45, 2.75) is 23.5 Å². The molecule has 0 saturated carbocycles. The van der Waals surface area contributed by atoms with E-state index in [9.17, 15) is 5.11 Å². The van der Waals surface area contributed by atoms with Crippen LogP contribution in [-0.4, -0.2) is 28.1 Å². The number of fused-ring (bicyclic) bond motifs is 1. The average Bonchev–Trinajstić information content (AvgIpc) is 2.91. The van der Waals surface area contributed by atoms with Crippen LogP contribution in [0.5, 0.6) is 5.75 Å². The zero-order valence-corrected chi connectivity index (χ0v) is 11.3. The van der Waals surface area contributed by atoms with Crippen molar-refractivity contribution in [3.05, 3.63) is 40.8 Å². The number of para-hydroxylation sites is 1. The van der Waals surface area contributed by atoms with Crippen LogP contribution in [0.25, 0.3) is 0 Å². The molecule has 2 unspecified atom stereocenters. The molecule has 0 radical (unpaired) electrons. The molecule has 0 bridgehead atoms. The van der Waals surface area contributed by atoms with Gasteiger partial charge in [0.1, 0.15) is 11.9 Å². The van der Waals surface area contributed by atoms with Crippen molar-refractivity contribution in [3.63, 3.8) is 0 Å². The van der Waals surface area contributed by atoms with Gasteiger partial charge < -0.3 is 9.84 Å². The van der Waals surface area contributed by atoms with Crippen LogP contribution >= 0.6 is 23.1 Å². The van der Waals surface area contributed by atoms with Crippen molar-refractivity contribution in [2.75, 3.05) is 5.75 Å². The molecule has 18 heavy (non-hydrogen) atoms. The minimum atomic E-state index is -0.503. The van der Waals surface area contributed by atoms with Crippen LogP contribution in [0.2, 0.25) is 0 Å². The molecular formula is C13H13NO2S2. The van der Waals surface area contributed by atoms with E-state index in [1.165, 1.54) is 0 Å². The highest BCUT2D eigenvalue weighted by Crippen LogP contribution is 2.36. The van der Waals surface area contributed by atoms with Crippen molar-refractivity contribution < 1.29 is 9.84 Å². The van der Waals surface area contributed by atoms with Gasteiger partial charge in [-0.3, -0.25) is 0 Å². The molecule has 0 spiro atoms. The number of hydrogen-bond donors (Lipinski definition) is 1. The lowest BCUT2D eigenvalue weighted by molar-refractivity contribution is 0.0468. The third-order valence-electron chi connectivity index (χ3n) is 2.83. The van der Waals surface area contributed by atoms with Gasteiger partial charge in [-0.15, -0.1) is 23.1 Å². The second kappa shape index (κ2) is 5.30. The fourth-order valence-corrected chi connectivity index (χ4v) is 3.62. The summed E-state index contributed by atoms with van der Waals surface area (Å²) in [5, 5.41) is 13.1. The van der Waals surface area contributed by atoms with Crippen molar-refractivity contribution in [1.29, 1.82) is 0 Å². The number of aliphatic hydroxyl groups is 1. The van der Waals surface area contributed by atoms with E-state index in [4.69, 9.17) is 4.74 Å².